The summed E-state index contributed by atoms with van der Waals surface area (Å²) in [7, 11) is 0. The Kier molecular flexibility index (Phi) is 1.71. The lowest BCUT2D eigenvalue weighted by Crippen LogP contribution is -2.11. The second kappa shape index (κ2) is 2.01. The quantitative estimate of drug-likeness (QED) is 0.457. The highest BCUT2D eigenvalue weighted by molar-refractivity contribution is 6.36. The number of halogens is 2. The molecule has 0 saturated carbocycles. The molecule has 2 atom stereocenters. The van der Waals surface area contributed by atoms with Crippen LogP contribution < -0.4 is 0 Å². The van der Waals surface area contributed by atoms with Gasteiger partial charge in [0.25, 0.3) is 0 Å². The monoisotopic (exact) mass is 168 g/mol. The van der Waals surface area contributed by atoms with E-state index in [2.05, 4.69) is 0 Å². The van der Waals surface area contributed by atoms with Crippen molar-refractivity contribution < 1.29 is 4.74 Å². The predicted octanol–water partition coefficient (Wildman–Crippen LogP) is 2.71. The molecule has 1 nitrogen and oxygen atoms in total. The van der Waals surface area contributed by atoms with E-state index in [1.807, 2.05) is 13.8 Å². The van der Waals surface area contributed by atoms with Crippen LogP contribution in [0, 0.1) is 0 Å². The third-order valence-electron chi connectivity index (χ3n) is 1.75. The van der Waals surface area contributed by atoms with Crippen molar-refractivity contribution in [3.8, 4) is 0 Å². The molecule has 0 radical (unpaired) electrons. The lowest BCUT2D eigenvalue weighted by atomic mass is 10.2. The summed E-state index contributed by atoms with van der Waals surface area (Å²) in [5.74, 6) is 0. The molecule has 9 heavy (non-hydrogen) atoms. The van der Waals surface area contributed by atoms with E-state index in [4.69, 9.17) is 27.9 Å². The molecule has 54 valence electrons. The van der Waals surface area contributed by atoms with Gasteiger partial charge in [0.15, 0.2) is 10.1 Å². The fraction of sp³-hybridized carbons (Fsp3) is 1.00. The Morgan fingerprint density at radius 1 is 1.11 bits per heavy atom. The topological polar surface area (TPSA) is 12.5 Å². The molecule has 0 bridgehead atoms. The van der Waals surface area contributed by atoms with E-state index < -0.39 is 10.1 Å². The fourth-order valence-corrected chi connectivity index (χ4v) is 1.47. The lowest BCUT2D eigenvalue weighted by molar-refractivity contribution is 0.328. The Balaban J connectivity index is 2.54. The summed E-state index contributed by atoms with van der Waals surface area (Å²) in [6.45, 7) is 3.93. The molecule has 1 saturated heterocycles. The molecule has 1 aliphatic rings. The van der Waals surface area contributed by atoms with Gasteiger partial charge in [-0.05, 0) is 12.8 Å². The van der Waals surface area contributed by atoms with Gasteiger partial charge < -0.3 is 4.74 Å². The molecule has 0 aromatic rings. The zero-order valence-corrected chi connectivity index (χ0v) is 7.09. The van der Waals surface area contributed by atoms with Crippen LogP contribution in [0.15, 0.2) is 0 Å². The van der Waals surface area contributed by atoms with Crippen molar-refractivity contribution in [2.24, 2.45) is 0 Å². The summed E-state index contributed by atoms with van der Waals surface area (Å²) in [5, 5.41) is -1.13. The van der Waals surface area contributed by atoms with Crippen LogP contribution in [-0.2, 0) is 4.74 Å². The third kappa shape index (κ3) is 0.957. The van der Waals surface area contributed by atoms with E-state index in [0.29, 0.717) is 0 Å². The van der Waals surface area contributed by atoms with Crippen LogP contribution in [0.4, 0.5) is 0 Å². The van der Waals surface area contributed by atoms with Crippen molar-refractivity contribution in [1.29, 1.82) is 0 Å². The zero-order chi connectivity index (χ0) is 7.12. The number of rotatable bonds is 2. The Bertz CT molecular complexity index is 114. The molecule has 1 rings (SSSR count). The molecule has 0 aromatic heterocycles. The van der Waals surface area contributed by atoms with Gasteiger partial charge in [0.2, 0.25) is 0 Å². The summed E-state index contributed by atoms with van der Waals surface area (Å²) >= 11 is 11.8. The second-order valence-corrected chi connectivity index (χ2v) is 3.49. The summed E-state index contributed by atoms with van der Waals surface area (Å²) in [5.41, 5.74) is 0. The normalized spacial score (nSPS) is 49.3. The molecule has 1 heterocycles. The molecular formula is C6H10Cl2O. The summed E-state index contributed by atoms with van der Waals surface area (Å²) < 4.78 is 5.12. The van der Waals surface area contributed by atoms with Crippen LogP contribution in [-0.4, -0.2) is 10.1 Å². The average Bonchev–Trinajstić information content (AvgIpc) is 2.39. The van der Waals surface area contributed by atoms with Crippen molar-refractivity contribution in [1.82, 2.24) is 0 Å². The van der Waals surface area contributed by atoms with Gasteiger partial charge in [-0.1, -0.05) is 37.0 Å². The van der Waals surface area contributed by atoms with Gasteiger partial charge in [-0.2, -0.15) is 0 Å². The van der Waals surface area contributed by atoms with Crippen molar-refractivity contribution in [2.75, 3.05) is 0 Å². The van der Waals surface area contributed by atoms with Crippen LogP contribution in [0.2, 0.25) is 0 Å². The largest absolute Gasteiger partial charge is 0.329 e. The van der Waals surface area contributed by atoms with Crippen LogP contribution >= 0.6 is 23.2 Å². The molecule has 0 amide bonds. The summed E-state index contributed by atoms with van der Waals surface area (Å²) in [6, 6.07) is 0. The molecule has 0 N–H and O–H groups in total. The second-order valence-electron chi connectivity index (χ2n) is 2.27. The SMILES string of the molecule is CC[C@@]1(Cl)O[C@]1(Cl)CC. The number of hydrogen-bond donors (Lipinski definition) is 0. The minimum atomic E-state index is -0.566. The lowest BCUT2D eigenvalue weighted by Gasteiger charge is -2.01. The van der Waals surface area contributed by atoms with Gasteiger partial charge in [0.05, 0.1) is 0 Å². The van der Waals surface area contributed by atoms with E-state index in [0.717, 1.165) is 12.8 Å². The van der Waals surface area contributed by atoms with E-state index in [-0.39, 0.29) is 0 Å². The Hall–Kier alpha value is 0.540. The molecule has 0 unspecified atom stereocenters. The van der Waals surface area contributed by atoms with Crippen LogP contribution in [0.1, 0.15) is 26.7 Å². The predicted molar refractivity (Wildman–Crippen MR) is 38.8 cm³/mol. The molecule has 1 fully saturated rings. The maximum absolute atomic E-state index is 5.88. The van der Waals surface area contributed by atoms with Gasteiger partial charge in [0, 0.05) is 0 Å². The van der Waals surface area contributed by atoms with E-state index in [9.17, 15) is 0 Å². The first-order valence-corrected chi connectivity index (χ1v) is 3.91. The Labute approximate surface area is 65.3 Å². The van der Waals surface area contributed by atoms with Gasteiger partial charge in [-0.15, -0.1) is 0 Å². The molecule has 0 aromatic carbocycles. The molecule has 0 aliphatic carbocycles. The Morgan fingerprint density at radius 2 is 1.44 bits per heavy atom. The Morgan fingerprint density at radius 3 is 1.56 bits per heavy atom. The smallest absolute Gasteiger partial charge is 0.186 e. The van der Waals surface area contributed by atoms with Crippen molar-refractivity contribution in [3.63, 3.8) is 0 Å². The van der Waals surface area contributed by atoms with Crippen molar-refractivity contribution >= 4 is 23.2 Å². The minimum absolute atomic E-state index is 0.566. The first-order chi connectivity index (χ1) is 4.08. The van der Waals surface area contributed by atoms with Gasteiger partial charge >= 0.3 is 0 Å². The fourth-order valence-electron chi connectivity index (χ4n) is 0.903. The van der Waals surface area contributed by atoms with E-state index in [1.165, 1.54) is 0 Å². The highest BCUT2D eigenvalue weighted by Crippen LogP contribution is 2.58. The van der Waals surface area contributed by atoms with E-state index in [1.54, 1.807) is 0 Å². The first kappa shape index (κ1) is 7.64. The third-order valence-corrected chi connectivity index (χ3v) is 3.14. The molecule has 0 spiro atoms. The first-order valence-electron chi connectivity index (χ1n) is 3.16. The standard InChI is InChI=1S/C6H10Cl2O/c1-3-5(7)6(8,4-2)9-5/h3-4H2,1-2H3/t5-,6-/m1/s1. The number of ether oxygens (including phenoxy) is 1. The summed E-state index contributed by atoms with van der Waals surface area (Å²) in [4.78, 5) is 0. The number of hydrogen-bond acceptors (Lipinski definition) is 1. The highest BCUT2D eigenvalue weighted by Gasteiger charge is 2.66. The van der Waals surface area contributed by atoms with Crippen LogP contribution in [0.5, 0.6) is 0 Å². The maximum atomic E-state index is 5.88. The van der Waals surface area contributed by atoms with Crippen molar-refractivity contribution in [3.05, 3.63) is 0 Å². The highest BCUT2D eigenvalue weighted by atomic mass is 35.5. The molecule has 3 heteroatoms. The maximum Gasteiger partial charge on any atom is 0.186 e. The van der Waals surface area contributed by atoms with Gasteiger partial charge in [-0.3, -0.25) is 0 Å². The van der Waals surface area contributed by atoms with Gasteiger partial charge in [0.1, 0.15) is 0 Å². The van der Waals surface area contributed by atoms with E-state index >= 15 is 0 Å². The van der Waals surface area contributed by atoms with Crippen LogP contribution in [0.3, 0.4) is 0 Å². The molecule has 1 aliphatic heterocycles. The minimum Gasteiger partial charge on any atom is -0.329 e. The van der Waals surface area contributed by atoms with Gasteiger partial charge in [-0.25, -0.2) is 0 Å². The van der Waals surface area contributed by atoms with Crippen LogP contribution in [0.25, 0.3) is 0 Å². The zero-order valence-electron chi connectivity index (χ0n) is 5.58. The number of alkyl halides is 2. The molecular weight excluding hydrogens is 159 g/mol. The number of epoxide rings is 1. The summed E-state index contributed by atoms with van der Waals surface area (Å²) in [6.07, 6.45) is 1.54. The average molecular weight is 169 g/mol. The van der Waals surface area contributed by atoms with Crippen molar-refractivity contribution in [2.45, 2.75) is 36.8 Å².